The van der Waals surface area contributed by atoms with Crippen molar-refractivity contribution in [3.63, 3.8) is 0 Å². The van der Waals surface area contributed by atoms with Crippen molar-refractivity contribution in [2.45, 2.75) is 39.2 Å². The molecule has 0 spiro atoms. The molecule has 2 rings (SSSR count). The van der Waals surface area contributed by atoms with Crippen molar-refractivity contribution < 1.29 is 0 Å². The average molecular weight is 337 g/mol. The van der Waals surface area contributed by atoms with Gasteiger partial charge in [0.1, 0.15) is 0 Å². The van der Waals surface area contributed by atoms with E-state index in [0.717, 1.165) is 16.6 Å². The van der Waals surface area contributed by atoms with E-state index < -0.39 is 0 Å². The van der Waals surface area contributed by atoms with Crippen molar-refractivity contribution in [2.24, 2.45) is 11.8 Å². The lowest BCUT2D eigenvalue weighted by atomic mass is 9.80. The Kier molecular flexibility index (Phi) is 3.50. The van der Waals surface area contributed by atoms with Gasteiger partial charge in [-0.25, -0.2) is 4.68 Å². The first-order valence-electron chi connectivity index (χ1n) is 5.33. The molecule has 5 heteroatoms. The third-order valence-corrected chi connectivity index (χ3v) is 3.94. The standard InChI is InChI=1S/C10H15Br2N3/c1-6-3-7(2)5-8(4-6)15-10(12)13-9(11)14-15/h6-8H,3-5H2,1-2H3. The molecule has 0 amide bonds. The van der Waals surface area contributed by atoms with Crippen LogP contribution in [0.4, 0.5) is 0 Å². The molecule has 1 aromatic heterocycles. The average Bonchev–Trinajstić information content (AvgIpc) is 2.43. The maximum atomic E-state index is 4.38. The third-order valence-electron chi connectivity index (χ3n) is 3.06. The predicted octanol–water partition coefficient (Wildman–Crippen LogP) is 3.80. The molecule has 0 saturated heterocycles. The molecular formula is C10H15Br2N3. The highest BCUT2D eigenvalue weighted by Crippen LogP contribution is 2.36. The summed E-state index contributed by atoms with van der Waals surface area (Å²) >= 11 is 6.76. The van der Waals surface area contributed by atoms with Crippen LogP contribution < -0.4 is 0 Å². The molecule has 1 aromatic rings. The number of hydrogen-bond acceptors (Lipinski definition) is 2. The maximum Gasteiger partial charge on any atom is 0.218 e. The molecule has 0 aliphatic heterocycles. The van der Waals surface area contributed by atoms with Crippen LogP contribution in [0.25, 0.3) is 0 Å². The number of hydrogen-bond donors (Lipinski definition) is 0. The lowest BCUT2D eigenvalue weighted by Crippen LogP contribution is -2.23. The molecule has 1 saturated carbocycles. The van der Waals surface area contributed by atoms with E-state index in [1.165, 1.54) is 19.3 Å². The van der Waals surface area contributed by atoms with Gasteiger partial charge in [0.25, 0.3) is 0 Å². The summed E-state index contributed by atoms with van der Waals surface area (Å²) in [6, 6.07) is 0.497. The highest BCUT2D eigenvalue weighted by molar-refractivity contribution is 9.11. The summed E-state index contributed by atoms with van der Waals surface area (Å²) in [6.45, 7) is 4.64. The second-order valence-corrected chi connectivity index (χ2v) is 6.08. The minimum absolute atomic E-state index is 0.497. The lowest BCUT2D eigenvalue weighted by molar-refractivity contribution is 0.207. The van der Waals surface area contributed by atoms with Crippen molar-refractivity contribution in [2.75, 3.05) is 0 Å². The van der Waals surface area contributed by atoms with Gasteiger partial charge < -0.3 is 0 Å². The molecule has 0 N–H and O–H groups in total. The predicted molar refractivity (Wildman–Crippen MR) is 66.6 cm³/mol. The Hall–Kier alpha value is 0.1000. The highest BCUT2D eigenvalue weighted by atomic mass is 79.9. The Bertz CT molecular complexity index is 340. The fourth-order valence-corrected chi connectivity index (χ4v) is 3.73. The van der Waals surface area contributed by atoms with E-state index in [1.807, 2.05) is 4.68 Å². The smallest absolute Gasteiger partial charge is 0.218 e. The van der Waals surface area contributed by atoms with E-state index in [9.17, 15) is 0 Å². The van der Waals surface area contributed by atoms with Crippen molar-refractivity contribution in [3.05, 3.63) is 9.47 Å². The van der Waals surface area contributed by atoms with Gasteiger partial charge in [-0.05, 0) is 63.0 Å². The third kappa shape index (κ3) is 2.61. The molecule has 2 unspecified atom stereocenters. The van der Waals surface area contributed by atoms with E-state index in [0.29, 0.717) is 10.8 Å². The zero-order valence-corrected chi connectivity index (χ0v) is 12.1. The summed E-state index contributed by atoms with van der Waals surface area (Å²) in [5.41, 5.74) is 0. The van der Waals surface area contributed by atoms with Gasteiger partial charge in [-0.1, -0.05) is 13.8 Å². The fourth-order valence-electron chi connectivity index (χ4n) is 2.62. The van der Waals surface area contributed by atoms with Crippen molar-refractivity contribution in [1.82, 2.24) is 14.8 Å². The number of aromatic nitrogens is 3. The van der Waals surface area contributed by atoms with Gasteiger partial charge in [0.15, 0.2) is 4.73 Å². The molecule has 15 heavy (non-hydrogen) atoms. The minimum Gasteiger partial charge on any atom is -0.236 e. The van der Waals surface area contributed by atoms with Gasteiger partial charge >= 0.3 is 0 Å². The molecule has 1 heterocycles. The Labute approximate surface area is 107 Å². The highest BCUT2D eigenvalue weighted by Gasteiger charge is 2.27. The van der Waals surface area contributed by atoms with Crippen LogP contribution in [0.2, 0.25) is 0 Å². The molecule has 84 valence electrons. The van der Waals surface area contributed by atoms with Crippen molar-refractivity contribution >= 4 is 31.9 Å². The van der Waals surface area contributed by atoms with E-state index in [2.05, 4.69) is 55.8 Å². The van der Waals surface area contributed by atoms with Crippen LogP contribution in [0, 0.1) is 11.8 Å². The first-order valence-corrected chi connectivity index (χ1v) is 6.92. The summed E-state index contributed by atoms with van der Waals surface area (Å²) in [6.07, 6.45) is 3.75. The van der Waals surface area contributed by atoms with Crippen LogP contribution in [0.5, 0.6) is 0 Å². The Balaban J connectivity index is 2.19. The van der Waals surface area contributed by atoms with E-state index >= 15 is 0 Å². The van der Waals surface area contributed by atoms with E-state index in [4.69, 9.17) is 0 Å². The molecule has 1 fully saturated rings. The summed E-state index contributed by atoms with van der Waals surface area (Å²) in [4.78, 5) is 4.22. The van der Waals surface area contributed by atoms with Gasteiger partial charge in [-0.3, -0.25) is 0 Å². The number of halogens is 2. The number of nitrogens with zero attached hydrogens (tertiary/aromatic N) is 3. The molecule has 2 atom stereocenters. The Morgan fingerprint density at radius 2 is 1.73 bits per heavy atom. The van der Waals surface area contributed by atoms with Crippen LogP contribution in [-0.2, 0) is 0 Å². The maximum absolute atomic E-state index is 4.38. The molecule has 1 aliphatic rings. The zero-order chi connectivity index (χ0) is 11.0. The second-order valence-electron chi connectivity index (χ2n) is 4.67. The van der Waals surface area contributed by atoms with Crippen molar-refractivity contribution in [3.8, 4) is 0 Å². The van der Waals surface area contributed by atoms with Crippen LogP contribution in [0.3, 0.4) is 0 Å². The SMILES string of the molecule is CC1CC(C)CC(n2nc(Br)nc2Br)C1. The fraction of sp³-hybridized carbons (Fsp3) is 0.800. The molecule has 3 nitrogen and oxygen atoms in total. The summed E-state index contributed by atoms with van der Waals surface area (Å²) in [7, 11) is 0. The summed E-state index contributed by atoms with van der Waals surface area (Å²) < 4.78 is 3.51. The second kappa shape index (κ2) is 4.53. The quantitative estimate of drug-likeness (QED) is 0.780. The van der Waals surface area contributed by atoms with Gasteiger partial charge in [0, 0.05) is 0 Å². The minimum atomic E-state index is 0.497. The van der Waals surface area contributed by atoms with Crippen LogP contribution >= 0.6 is 31.9 Å². The van der Waals surface area contributed by atoms with Gasteiger partial charge in [-0.2, -0.15) is 4.98 Å². The number of rotatable bonds is 1. The largest absolute Gasteiger partial charge is 0.236 e. The van der Waals surface area contributed by atoms with E-state index in [1.54, 1.807) is 0 Å². The summed E-state index contributed by atoms with van der Waals surface area (Å²) in [5, 5.41) is 4.38. The van der Waals surface area contributed by atoms with Gasteiger partial charge in [0.2, 0.25) is 4.73 Å². The van der Waals surface area contributed by atoms with Crippen LogP contribution in [0.1, 0.15) is 39.2 Å². The first kappa shape index (κ1) is 11.6. The topological polar surface area (TPSA) is 30.7 Å². The lowest BCUT2D eigenvalue weighted by Gasteiger charge is -2.31. The van der Waals surface area contributed by atoms with Gasteiger partial charge in [-0.15, -0.1) is 5.10 Å². The molecule has 0 radical (unpaired) electrons. The van der Waals surface area contributed by atoms with Crippen LogP contribution in [0.15, 0.2) is 9.47 Å². The molecule has 0 bridgehead atoms. The Morgan fingerprint density at radius 1 is 1.13 bits per heavy atom. The normalized spacial score (nSPS) is 31.9. The van der Waals surface area contributed by atoms with Crippen molar-refractivity contribution in [1.29, 1.82) is 0 Å². The van der Waals surface area contributed by atoms with Gasteiger partial charge in [0.05, 0.1) is 6.04 Å². The zero-order valence-electron chi connectivity index (χ0n) is 8.95. The summed E-state index contributed by atoms with van der Waals surface area (Å²) in [5.74, 6) is 1.57. The van der Waals surface area contributed by atoms with E-state index in [-0.39, 0.29) is 0 Å². The van der Waals surface area contributed by atoms with Crippen LogP contribution in [-0.4, -0.2) is 14.8 Å². The molecule has 0 aromatic carbocycles. The monoisotopic (exact) mass is 335 g/mol. The Morgan fingerprint density at radius 3 is 2.20 bits per heavy atom. The molecular weight excluding hydrogens is 322 g/mol. The molecule has 1 aliphatic carbocycles. The first-order chi connectivity index (χ1) is 7.06.